The Bertz CT molecular complexity index is 265. The van der Waals surface area contributed by atoms with Crippen molar-refractivity contribution in [1.82, 2.24) is 5.32 Å². The summed E-state index contributed by atoms with van der Waals surface area (Å²) >= 11 is 0. The molecule has 0 saturated carbocycles. The van der Waals surface area contributed by atoms with E-state index in [2.05, 4.69) is 11.9 Å². The van der Waals surface area contributed by atoms with Crippen LogP contribution in [0.4, 0.5) is 0 Å². The zero-order valence-corrected chi connectivity index (χ0v) is 9.62. The van der Waals surface area contributed by atoms with E-state index in [9.17, 15) is 4.79 Å². The van der Waals surface area contributed by atoms with Crippen molar-refractivity contribution in [2.45, 2.75) is 26.9 Å². The zero-order chi connectivity index (χ0) is 11.7. The number of carbonyl (C=O) groups is 1. The molecule has 84 valence electrons. The molecule has 0 heterocycles. The Morgan fingerprint density at radius 1 is 1.47 bits per heavy atom. The Balaban J connectivity index is 4.10. The number of nitrogens with one attached hydrogen (secondary N) is 1. The van der Waals surface area contributed by atoms with Crippen molar-refractivity contribution in [3.63, 3.8) is 0 Å². The maximum absolute atomic E-state index is 10.1. The highest BCUT2D eigenvalue weighted by atomic mass is 16.5. The molecule has 0 aromatic heterocycles. The van der Waals surface area contributed by atoms with Crippen molar-refractivity contribution >= 4 is 6.41 Å². The second-order valence-electron chi connectivity index (χ2n) is 3.34. The van der Waals surface area contributed by atoms with Gasteiger partial charge in [0.15, 0.2) is 0 Å². The van der Waals surface area contributed by atoms with Crippen LogP contribution >= 0.6 is 0 Å². The number of ether oxygens (including phenoxy) is 1. The van der Waals surface area contributed by atoms with Crippen molar-refractivity contribution in [3.8, 4) is 0 Å². The molecule has 0 spiro atoms. The predicted molar refractivity (Wildman–Crippen MR) is 62.3 cm³/mol. The largest absolute Gasteiger partial charge is 0.374 e. The van der Waals surface area contributed by atoms with Crippen molar-refractivity contribution in [3.05, 3.63) is 36.1 Å². The minimum atomic E-state index is 0.213. The van der Waals surface area contributed by atoms with E-state index in [0.29, 0.717) is 18.7 Å². The fourth-order valence-corrected chi connectivity index (χ4v) is 0.822. The van der Waals surface area contributed by atoms with E-state index in [1.807, 2.05) is 32.9 Å². The van der Waals surface area contributed by atoms with E-state index in [1.54, 1.807) is 6.08 Å². The fraction of sp³-hybridized carbons (Fsp3) is 0.417. The molecule has 0 aromatic carbocycles. The fourth-order valence-electron chi connectivity index (χ4n) is 0.822. The standard InChI is InChI=1S/C12H19NO2/c1-5-12(8-15-10(2)3)7-6-11(4)13-9-14/h5-7,9-10H,4,8H2,1-3H3,(H,13,14)/b7-6-,12-5+. The van der Waals surface area contributed by atoms with E-state index in [1.165, 1.54) is 0 Å². The van der Waals surface area contributed by atoms with Crippen LogP contribution in [0.5, 0.6) is 0 Å². The molecule has 0 aliphatic heterocycles. The lowest BCUT2D eigenvalue weighted by molar-refractivity contribution is -0.108. The van der Waals surface area contributed by atoms with E-state index < -0.39 is 0 Å². The SMILES string of the molecule is C=C(/C=C\C(=C/C)COC(C)C)NC=O. The van der Waals surface area contributed by atoms with E-state index >= 15 is 0 Å². The highest BCUT2D eigenvalue weighted by Gasteiger charge is 1.95. The predicted octanol–water partition coefficient (Wildman–Crippen LogP) is 2.17. The lowest BCUT2D eigenvalue weighted by Gasteiger charge is -2.07. The van der Waals surface area contributed by atoms with Crippen molar-refractivity contribution in [2.75, 3.05) is 6.61 Å². The van der Waals surface area contributed by atoms with Gasteiger partial charge in [-0.1, -0.05) is 18.7 Å². The molecule has 1 N–H and O–H groups in total. The van der Waals surface area contributed by atoms with Gasteiger partial charge in [-0.25, -0.2) is 0 Å². The lowest BCUT2D eigenvalue weighted by Crippen LogP contribution is -2.07. The summed E-state index contributed by atoms with van der Waals surface area (Å²) in [6, 6.07) is 0. The summed E-state index contributed by atoms with van der Waals surface area (Å²) in [5.41, 5.74) is 1.62. The molecule has 0 unspecified atom stereocenters. The molecule has 0 aliphatic carbocycles. The summed E-state index contributed by atoms with van der Waals surface area (Å²) in [6.45, 7) is 10.1. The average Bonchev–Trinajstić information content (AvgIpc) is 2.18. The number of rotatable bonds is 7. The molecule has 0 fully saturated rings. The summed E-state index contributed by atoms with van der Waals surface area (Å²) in [4.78, 5) is 10.1. The minimum Gasteiger partial charge on any atom is -0.374 e. The van der Waals surface area contributed by atoms with Gasteiger partial charge in [-0.05, 0) is 32.4 Å². The highest BCUT2D eigenvalue weighted by molar-refractivity contribution is 5.51. The first-order valence-electron chi connectivity index (χ1n) is 4.94. The van der Waals surface area contributed by atoms with Crippen LogP contribution in [0.15, 0.2) is 36.1 Å². The molecule has 3 nitrogen and oxygen atoms in total. The van der Waals surface area contributed by atoms with Crippen LogP contribution in [0.3, 0.4) is 0 Å². The Labute approximate surface area is 91.5 Å². The Hall–Kier alpha value is -1.35. The Morgan fingerprint density at radius 3 is 2.60 bits per heavy atom. The van der Waals surface area contributed by atoms with Crippen LogP contribution in [0.25, 0.3) is 0 Å². The molecular weight excluding hydrogens is 190 g/mol. The third kappa shape index (κ3) is 7.70. The Kier molecular flexibility index (Phi) is 7.28. The van der Waals surface area contributed by atoms with Gasteiger partial charge in [0.05, 0.1) is 12.7 Å². The van der Waals surface area contributed by atoms with Crippen molar-refractivity contribution < 1.29 is 9.53 Å². The van der Waals surface area contributed by atoms with Gasteiger partial charge in [0.2, 0.25) is 6.41 Å². The maximum atomic E-state index is 10.1. The van der Waals surface area contributed by atoms with Crippen LogP contribution < -0.4 is 5.32 Å². The Morgan fingerprint density at radius 2 is 2.13 bits per heavy atom. The van der Waals surface area contributed by atoms with E-state index in [4.69, 9.17) is 4.74 Å². The first kappa shape index (κ1) is 13.7. The number of carbonyl (C=O) groups excluding carboxylic acids is 1. The molecule has 3 heteroatoms. The summed E-state index contributed by atoms with van der Waals surface area (Å²) in [7, 11) is 0. The molecule has 0 saturated heterocycles. The van der Waals surface area contributed by atoms with E-state index in [0.717, 1.165) is 5.57 Å². The summed E-state index contributed by atoms with van der Waals surface area (Å²) in [5, 5.41) is 2.46. The molecule has 0 rings (SSSR count). The van der Waals surface area contributed by atoms with Crippen LogP contribution in [-0.2, 0) is 9.53 Å². The molecule has 0 aliphatic rings. The quantitative estimate of drug-likeness (QED) is 0.515. The number of hydrogen-bond acceptors (Lipinski definition) is 2. The van der Waals surface area contributed by atoms with Gasteiger partial charge in [0.1, 0.15) is 0 Å². The first-order chi connectivity index (χ1) is 7.10. The van der Waals surface area contributed by atoms with Gasteiger partial charge >= 0.3 is 0 Å². The molecule has 1 amide bonds. The summed E-state index contributed by atoms with van der Waals surface area (Å²) < 4.78 is 5.45. The van der Waals surface area contributed by atoms with Gasteiger partial charge in [-0.3, -0.25) is 4.79 Å². The second kappa shape index (κ2) is 8.00. The number of amides is 1. The third-order valence-corrected chi connectivity index (χ3v) is 1.70. The van der Waals surface area contributed by atoms with Gasteiger partial charge in [0.25, 0.3) is 0 Å². The van der Waals surface area contributed by atoms with Crippen LogP contribution in [0.2, 0.25) is 0 Å². The van der Waals surface area contributed by atoms with Crippen LogP contribution in [-0.4, -0.2) is 19.1 Å². The number of allylic oxidation sites excluding steroid dienone is 2. The normalized spacial score (nSPS) is 12.1. The minimum absolute atomic E-state index is 0.213. The van der Waals surface area contributed by atoms with Gasteiger partial charge in [0, 0.05) is 5.70 Å². The topological polar surface area (TPSA) is 38.3 Å². The second-order valence-corrected chi connectivity index (χ2v) is 3.34. The first-order valence-corrected chi connectivity index (χ1v) is 4.94. The monoisotopic (exact) mass is 209 g/mol. The smallest absolute Gasteiger partial charge is 0.211 e. The van der Waals surface area contributed by atoms with Crippen LogP contribution in [0, 0.1) is 0 Å². The molecule has 0 bridgehead atoms. The van der Waals surface area contributed by atoms with Gasteiger partial charge < -0.3 is 10.1 Å². The zero-order valence-electron chi connectivity index (χ0n) is 9.62. The summed E-state index contributed by atoms with van der Waals surface area (Å²) in [5.74, 6) is 0. The lowest BCUT2D eigenvalue weighted by atomic mass is 10.2. The third-order valence-electron chi connectivity index (χ3n) is 1.70. The van der Waals surface area contributed by atoms with Crippen molar-refractivity contribution in [1.29, 1.82) is 0 Å². The van der Waals surface area contributed by atoms with Gasteiger partial charge in [-0.2, -0.15) is 0 Å². The molecule has 0 atom stereocenters. The molecule has 15 heavy (non-hydrogen) atoms. The average molecular weight is 209 g/mol. The van der Waals surface area contributed by atoms with Crippen LogP contribution in [0.1, 0.15) is 20.8 Å². The van der Waals surface area contributed by atoms with Crippen molar-refractivity contribution in [2.24, 2.45) is 0 Å². The van der Waals surface area contributed by atoms with E-state index in [-0.39, 0.29) is 6.10 Å². The van der Waals surface area contributed by atoms with Gasteiger partial charge in [-0.15, -0.1) is 0 Å². The molecule has 0 aromatic rings. The maximum Gasteiger partial charge on any atom is 0.211 e. The molecular formula is C12H19NO2. The number of hydrogen-bond donors (Lipinski definition) is 1. The summed E-state index contributed by atoms with van der Waals surface area (Å²) in [6.07, 6.45) is 6.40. The highest BCUT2D eigenvalue weighted by Crippen LogP contribution is 2.02. The molecule has 0 radical (unpaired) electrons.